The number of piperidine rings is 1. The maximum atomic E-state index is 11.1. The number of carbonyl (C=O) groups excluding carboxylic acids is 1. The summed E-state index contributed by atoms with van der Waals surface area (Å²) in [4.78, 5) is 18.2. The molecule has 4 N–H and O–H groups in total. The summed E-state index contributed by atoms with van der Waals surface area (Å²) in [5, 5.41) is 6.65. The summed E-state index contributed by atoms with van der Waals surface area (Å²) in [6.45, 7) is 5.91. The van der Waals surface area contributed by atoms with Gasteiger partial charge in [0, 0.05) is 13.1 Å². The van der Waals surface area contributed by atoms with E-state index in [2.05, 4.69) is 20.5 Å². The third-order valence-corrected chi connectivity index (χ3v) is 4.81. The molecule has 8 heteroatoms. The van der Waals surface area contributed by atoms with Gasteiger partial charge in [0.2, 0.25) is 0 Å². The van der Waals surface area contributed by atoms with Crippen LogP contribution in [0.15, 0.2) is 44.4 Å². The lowest BCUT2D eigenvalue weighted by atomic mass is 10.1. The number of amides is 1. The molecule has 1 aliphatic heterocycles. The van der Waals surface area contributed by atoms with Crippen molar-refractivity contribution in [3.05, 3.63) is 47.8 Å². The number of guanidine groups is 1. The lowest BCUT2D eigenvalue weighted by Gasteiger charge is -2.33. The first-order chi connectivity index (χ1) is 13.7. The Kier molecular flexibility index (Phi) is 7.13. The molecule has 1 amide bonds. The zero-order valence-electron chi connectivity index (χ0n) is 16.3. The van der Waals surface area contributed by atoms with Crippen LogP contribution in [0.25, 0.3) is 0 Å². The number of furan rings is 2. The van der Waals surface area contributed by atoms with Crippen molar-refractivity contribution in [2.24, 2.45) is 10.7 Å². The summed E-state index contributed by atoms with van der Waals surface area (Å²) >= 11 is 0. The Hall–Kier alpha value is -2.74. The van der Waals surface area contributed by atoms with Gasteiger partial charge in [-0.05, 0) is 57.1 Å². The fraction of sp³-hybridized carbons (Fsp3) is 0.500. The lowest BCUT2D eigenvalue weighted by Crippen LogP contribution is -2.44. The number of nitrogens with two attached hydrogens (primary N) is 1. The second-order valence-corrected chi connectivity index (χ2v) is 6.83. The van der Waals surface area contributed by atoms with E-state index in [1.807, 2.05) is 19.1 Å². The van der Waals surface area contributed by atoms with E-state index in [0.717, 1.165) is 25.4 Å². The largest absolute Gasteiger partial charge is 0.468 e. The highest BCUT2D eigenvalue weighted by atomic mass is 16.4. The van der Waals surface area contributed by atoms with Crippen molar-refractivity contribution >= 4 is 11.9 Å². The van der Waals surface area contributed by atoms with Crippen LogP contribution in [0.2, 0.25) is 0 Å². The fourth-order valence-corrected chi connectivity index (χ4v) is 3.41. The number of primary amides is 1. The standard InChI is InChI=1S/C20H29N5O3/c1-2-22-20(23-13-15-8-9-18(28-15)19(21)26)24-14-16(17-7-6-12-27-17)25-10-4-3-5-11-25/h6-9,12,16H,2-5,10-11,13-14H2,1H3,(H2,21,26)(H2,22,23,24). The molecular weight excluding hydrogens is 358 g/mol. The van der Waals surface area contributed by atoms with Crippen LogP contribution in [0, 0.1) is 0 Å². The molecule has 0 saturated carbocycles. The summed E-state index contributed by atoms with van der Waals surface area (Å²) < 4.78 is 11.1. The predicted octanol–water partition coefficient (Wildman–Crippen LogP) is 2.25. The minimum absolute atomic E-state index is 0.145. The molecule has 1 atom stereocenters. The molecule has 8 nitrogen and oxygen atoms in total. The van der Waals surface area contributed by atoms with E-state index in [1.165, 1.54) is 19.3 Å². The minimum atomic E-state index is -0.580. The number of aliphatic imine (C=N–C) groups is 1. The van der Waals surface area contributed by atoms with Crippen LogP contribution < -0.4 is 16.4 Å². The molecule has 3 heterocycles. The van der Waals surface area contributed by atoms with Crippen LogP contribution in [0.3, 0.4) is 0 Å². The lowest BCUT2D eigenvalue weighted by molar-refractivity contribution is 0.0972. The second kappa shape index (κ2) is 9.98. The third kappa shape index (κ3) is 5.39. The van der Waals surface area contributed by atoms with Crippen molar-refractivity contribution in [2.45, 2.75) is 38.8 Å². The molecule has 1 aliphatic rings. The number of carbonyl (C=O) groups is 1. The number of nitrogens with one attached hydrogen (secondary N) is 2. The molecule has 1 fully saturated rings. The van der Waals surface area contributed by atoms with E-state index in [9.17, 15) is 4.79 Å². The van der Waals surface area contributed by atoms with Gasteiger partial charge in [0.05, 0.1) is 12.3 Å². The van der Waals surface area contributed by atoms with Crippen molar-refractivity contribution < 1.29 is 13.6 Å². The molecule has 1 saturated heterocycles. The summed E-state index contributed by atoms with van der Waals surface area (Å²) in [5.41, 5.74) is 5.22. The zero-order valence-corrected chi connectivity index (χ0v) is 16.3. The van der Waals surface area contributed by atoms with E-state index >= 15 is 0 Å². The van der Waals surface area contributed by atoms with Gasteiger partial charge in [-0.3, -0.25) is 9.69 Å². The van der Waals surface area contributed by atoms with Gasteiger partial charge < -0.3 is 25.2 Å². The Morgan fingerprint density at radius 2 is 2.07 bits per heavy atom. The van der Waals surface area contributed by atoms with Gasteiger partial charge in [-0.2, -0.15) is 0 Å². The van der Waals surface area contributed by atoms with Gasteiger partial charge in [-0.25, -0.2) is 4.99 Å². The monoisotopic (exact) mass is 387 g/mol. The molecule has 2 aromatic heterocycles. The van der Waals surface area contributed by atoms with E-state index < -0.39 is 5.91 Å². The van der Waals surface area contributed by atoms with Crippen molar-refractivity contribution in [3.63, 3.8) is 0 Å². The molecule has 0 spiro atoms. The SMILES string of the molecule is CCNC(=NCc1ccc(C(N)=O)o1)NCC(c1ccco1)N1CCCCC1. The highest BCUT2D eigenvalue weighted by Gasteiger charge is 2.24. The highest BCUT2D eigenvalue weighted by molar-refractivity contribution is 5.89. The summed E-state index contributed by atoms with van der Waals surface area (Å²) in [7, 11) is 0. The summed E-state index contributed by atoms with van der Waals surface area (Å²) in [6.07, 6.45) is 5.44. The second-order valence-electron chi connectivity index (χ2n) is 6.83. The number of nitrogens with zero attached hydrogens (tertiary/aromatic N) is 2. The third-order valence-electron chi connectivity index (χ3n) is 4.81. The van der Waals surface area contributed by atoms with Crippen molar-refractivity contribution in [3.8, 4) is 0 Å². The first-order valence-corrected chi connectivity index (χ1v) is 9.85. The topological polar surface area (TPSA) is 109 Å². The quantitative estimate of drug-likeness (QED) is 0.473. The van der Waals surface area contributed by atoms with Gasteiger partial charge in [0.25, 0.3) is 5.91 Å². The molecule has 152 valence electrons. The molecule has 0 aliphatic carbocycles. The predicted molar refractivity (Wildman–Crippen MR) is 107 cm³/mol. The zero-order chi connectivity index (χ0) is 19.8. The maximum Gasteiger partial charge on any atom is 0.284 e. The van der Waals surface area contributed by atoms with Gasteiger partial charge in [0.1, 0.15) is 18.1 Å². The van der Waals surface area contributed by atoms with Crippen molar-refractivity contribution in [2.75, 3.05) is 26.2 Å². The number of hydrogen-bond acceptors (Lipinski definition) is 5. The van der Waals surface area contributed by atoms with Gasteiger partial charge in [0.15, 0.2) is 11.7 Å². The average molecular weight is 387 g/mol. The Balaban J connectivity index is 1.64. The minimum Gasteiger partial charge on any atom is -0.468 e. The smallest absolute Gasteiger partial charge is 0.284 e. The molecule has 0 aromatic carbocycles. The van der Waals surface area contributed by atoms with Crippen LogP contribution in [0.1, 0.15) is 54.3 Å². The highest BCUT2D eigenvalue weighted by Crippen LogP contribution is 2.24. The number of hydrogen-bond donors (Lipinski definition) is 3. The maximum absolute atomic E-state index is 11.1. The van der Waals surface area contributed by atoms with Gasteiger partial charge >= 0.3 is 0 Å². The molecule has 28 heavy (non-hydrogen) atoms. The Bertz CT molecular complexity index is 763. The van der Waals surface area contributed by atoms with E-state index in [-0.39, 0.29) is 11.8 Å². The van der Waals surface area contributed by atoms with E-state index in [4.69, 9.17) is 14.6 Å². The van der Waals surface area contributed by atoms with E-state index in [1.54, 1.807) is 18.4 Å². The first-order valence-electron chi connectivity index (χ1n) is 9.85. The molecular formula is C20H29N5O3. The van der Waals surface area contributed by atoms with Crippen LogP contribution in [0.4, 0.5) is 0 Å². The molecule has 2 aromatic rings. The molecule has 3 rings (SSSR count). The summed E-state index contributed by atoms with van der Waals surface area (Å²) in [5.74, 6) is 1.80. The summed E-state index contributed by atoms with van der Waals surface area (Å²) in [6, 6.07) is 7.39. The number of likely N-dealkylation sites (tertiary alicyclic amines) is 1. The van der Waals surface area contributed by atoms with Crippen LogP contribution in [-0.4, -0.2) is 42.9 Å². The normalized spacial score (nSPS) is 16.7. The fourth-order valence-electron chi connectivity index (χ4n) is 3.41. The van der Waals surface area contributed by atoms with Crippen molar-refractivity contribution in [1.29, 1.82) is 0 Å². The molecule has 1 unspecified atom stereocenters. The van der Waals surface area contributed by atoms with Gasteiger partial charge in [-0.15, -0.1) is 0 Å². The Morgan fingerprint density at radius 3 is 2.71 bits per heavy atom. The molecule has 0 radical (unpaired) electrons. The van der Waals surface area contributed by atoms with Crippen LogP contribution in [-0.2, 0) is 6.54 Å². The van der Waals surface area contributed by atoms with Crippen LogP contribution in [0.5, 0.6) is 0 Å². The van der Waals surface area contributed by atoms with Crippen LogP contribution >= 0.6 is 0 Å². The first kappa shape index (κ1) is 20.0. The van der Waals surface area contributed by atoms with Gasteiger partial charge in [-0.1, -0.05) is 6.42 Å². The molecule has 0 bridgehead atoms. The van der Waals surface area contributed by atoms with Crippen molar-refractivity contribution in [1.82, 2.24) is 15.5 Å². The number of rotatable bonds is 8. The Labute approximate surface area is 165 Å². The van der Waals surface area contributed by atoms with E-state index in [0.29, 0.717) is 24.8 Å². The average Bonchev–Trinajstić information content (AvgIpc) is 3.39. The Morgan fingerprint density at radius 1 is 1.25 bits per heavy atom.